The third-order valence-corrected chi connectivity index (χ3v) is 5.18. The van der Waals surface area contributed by atoms with Gasteiger partial charge < -0.3 is 14.8 Å². The van der Waals surface area contributed by atoms with E-state index < -0.39 is 11.5 Å². The van der Waals surface area contributed by atoms with E-state index in [0.29, 0.717) is 40.6 Å². The zero-order valence-electron chi connectivity index (χ0n) is 17.1. The zero-order valence-corrected chi connectivity index (χ0v) is 17.9. The molecule has 0 unspecified atom stereocenters. The number of carbonyl (C=O) groups excluding carboxylic acids is 1. The average Bonchev–Trinajstić information content (AvgIpc) is 3.33. The van der Waals surface area contributed by atoms with Gasteiger partial charge in [0.2, 0.25) is 0 Å². The minimum absolute atomic E-state index is 0.0706. The predicted molar refractivity (Wildman–Crippen MR) is 117 cm³/mol. The maximum atomic E-state index is 13.0. The van der Waals surface area contributed by atoms with Crippen LogP contribution in [0.5, 0.6) is 11.8 Å². The number of carbonyl (C=O) groups is 1. The number of amides is 1. The molecule has 3 heterocycles. The molecule has 1 atom stereocenters. The Morgan fingerprint density at radius 3 is 2.76 bits per heavy atom. The standard InChI is InChI=1S/C22H16ClF2N5O3/c1-12-11-32-21-28-18-10-13(9-16(19(18)30(12)21)17-3-2-8-26-29-17)20(31)27-14-4-6-15(7-5-14)33-22(23,24)25/h2-10,12H,11H2,1H3,(H,27,31)/t12-/m1/s1. The van der Waals surface area contributed by atoms with E-state index in [1.807, 2.05) is 11.5 Å². The first-order chi connectivity index (χ1) is 15.8. The van der Waals surface area contributed by atoms with Gasteiger partial charge in [-0.2, -0.15) is 15.2 Å². The van der Waals surface area contributed by atoms with Crippen LogP contribution in [0, 0.1) is 0 Å². The molecule has 0 bridgehead atoms. The molecule has 1 N–H and O–H groups in total. The molecule has 168 valence electrons. The van der Waals surface area contributed by atoms with Crippen molar-refractivity contribution in [2.75, 3.05) is 11.9 Å². The second kappa shape index (κ2) is 7.96. The van der Waals surface area contributed by atoms with Crippen LogP contribution < -0.4 is 14.8 Å². The molecule has 2 aromatic heterocycles. The smallest absolute Gasteiger partial charge is 0.462 e. The maximum absolute atomic E-state index is 13.0. The van der Waals surface area contributed by atoms with Gasteiger partial charge in [-0.3, -0.25) is 9.36 Å². The molecule has 0 saturated carbocycles. The van der Waals surface area contributed by atoms with Crippen LogP contribution in [0.15, 0.2) is 54.7 Å². The summed E-state index contributed by atoms with van der Waals surface area (Å²) >= 11 is 4.77. The van der Waals surface area contributed by atoms with Gasteiger partial charge in [0, 0.05) is 34.6 Å². The molecule has 11 heteroatoms. The predicted octanol–water partition coefficient (Wildman–Crippen LogP) is 4.87. The molecule has 0 aliphatic carbocycles. The Morgan fingerprint density at radius 2 is 2.06 bits per heavy atom. The van der Waals surface area contributed by atoms with Crippen LogP contribution in [0.2, 0.25) is 0 Å². The number of imidazole rings is 1. The van der Waals surface area contributed by atoms with Gasteiger partial charge in [-0.25, -0.2) is 0 Å². The first-order valence-electron chi connectivity index (χ1n) is 9.92. The van der Waals surface area contributed by atoms with Crippen molar-refractivity contribution in [1.29, 1.82) is 0 Å². The number of alkyl halides is 3. The summed E-state index contributed by atoms with van der Waals surface area (Å²) in [5, 5.41) is 10.9. The largest absolute Gasteiger partial charge is 0.487 e. The highest BCUT2D eigenvalue weighted by atomic mass is 35.5. The summed E-state index contributed by atoms with van der Waals surface area (Å²) in [6, 6.07) is 12.9. The van der Waals surface area contributed by atoms with Crippen LogP contribution in [-0.2, 0) is 0 Å². The van der Waals surface area contributed by atoms with E-state index in [4.69, 9.17) is 16.3 Å². The second-order valence-corrected chi connectivity index (χ2v) is 7.89. The van der Waals surface area contributed by atoms with Crippen molar-refractivity contribution in [2.24, 2.45) is 0 Å². The quantitative estimate of drug-likeness (QED) is 0.418. The average molecular weight is 472 g/mol. The maximum Gasteiger partial charge on any atom is 0.487 e. The molecular weight excluding hydrogens is 456 g/mol. The number of nitrogens with one attached hydrogen (secondary N) is 1. The molecule has 1 amide bonds. The minimum atomic E-state index is -3.82. The van der Waals surface area contributed by atoms with E-state index in [-0.39, 0.29) is 11.8 Å². The fraction of sp³-hybridized carbons (Fsp3) is 0.182. The van der Waals surface area contributed by atoms with E-state index in [0.717, 1.165) is 5.52 Å². The van der Waals surface area contributed by atoms with Crippen LogP contribution in [-0.4, -0.2) is 37.8 Å². The van der Waals surface area contributed by atoms with Crippen molar-refractivity contribution in [1.82, 2.24) is 19.7 Å². The molecule has 0 radical (unpaired) electrons. The lowest BCUT2D eigenvalue weighted by molar-refractivity contribution is -0.0964. The molecule has 1 aliphatic heterocycles. The van der Waals surface area contributed by atoms with Gasteiger partial charge in [0.15, 0.2) is 0 Å². The Balaban J connectivity index is 1.50. The van der Waals surface area contributed by atoms with Crippen LogP contribution in [0.1, 0.15) is 23.3 Å². The Morgan fingerprint density at radius 1 is 1.27 bits per heavy atom. The van der Waals surface area contributed by atoms with Crippen LogP contribution in [0.4, 0.5) is 14.5 Å². The number of anilines is 1. The number of nitrogens with zero attached hydrogens (tertiary/aromatic N) is 4. The topological polar surface area (TPSA) is 91.2 Å². The fourth-order valence-corrected chi connectivity index (χ4v) is 3.79. The van der Waals surface area contributed by atoms with Gasteiger partial charge in [0.25, 0.3) is 11.9 Å². The summed E-state index contributed by atoms with van der Waals surface area (Å²) in [6.07, 6.45) is 1.57. The number of hydrogen-bond acceptors (Lipinski definition) is 6. The SMILES string of the molecule is C[C@@H]1COc2nc3cc(C(=O)Nc4ccc(OC(F)(F)Cl)cc4)cc(-c4cccnn4)c3n21. The lowest BCUT2D eigenvalue weighted by Crippen LogP contribution is -2.16. The Hall–Kier alpha value is -3.79. The lowest BCUT2D eigenvalue weighted by atomic mass is 10.0. The third kappa shape index (κ3) is 4.17. The van der Waals surface area contributed by atoms with Gasteiger partial charge in [-0.15, -0.1) is 8.78 Å². The number of ether oxygens (including phenoxy) is 2. The third-order valence-electron chi connectivity index (χ3n) is 5.10. The molecule has 8 nitrogen and oxygen atoms in total. The Labute approximate surface area is 191 Å². The Bertz CT molecular complexity index is 1340. The molecule has 1 aliphatic rings. The van der Waals surface area contributed by atoms with Gasteiger partial charge in [-0.05, 0) is 55.5 Å². The van der Waals surface area contributed by atoms with Crippen molar-refractivity contribution in [3.63, 3.8) is 0 Å². The van der Waals surface area contributed by atoms with Crippen LogP contribution >= 0.6 is 11.6 Å². The molecule has 0 spiro atoms. The molecule has 4 aromatic rings. The summed E-state index contributed by atoms with van der Waals surface area (Å²) in [5.74, 6) is -0.554. The molecule has 2 aromatic carbocycles. The van der Waals surface area contributed by atoms with Crippen molar-refractivity contribution < 1.29 is 23.0 Å². The van der Waals surface area contributed by atoms with Crippen LogP contribution in [0.3, 0.4) is 0 Å². The molecule has 0 fully saturated rings. The molecule has 33 heavy (non-hydrogen) atoms. The van der Waals surface area contributed by atoms with Crippen molar-refractivity contribution in [3.05, 3.63) is 60.3 Å². The lowest BCUT2D eigenvalue weighted by Gasteiger charge is -2.12. The Kier molecular flexibility index (Phi) is 5.09. The number of rotatable bonds is 5. The number of halogens is 3. The highest BCUT2D eigenvalue weighted by Gasteiger charge is 2.28. The number of fused-ring (bicyclic) bond motifs is 3. The normalized spacial score (nSPS) is 15.2. The fourth-order valence-electron chi connectivity index (χ4n) is 3.71. The number of aromatic nitrogens is 4. The van der Waals surface area contributed by atoms with Gasteiger partial charge in [-0.1, -0.05) is 0 Å². The second-order valence-electron chi connectivity index (χ2n) is 7.45. The summed E-state index contributed by atoms with van der Waals surface area (Å²) in [4.78, 5) is 17.5. The molecule has 0 saturated heterocycles. The van der Waals surface area contributed by atoms with Crippen LogP contribution in [0.25, 0.3) is 22.3 Å². The summed E-state index contributed by atoms with van der Waals surface area (Å²) in [5.41, 5.74) is -0.440. The highest BCUT2D eigenvalue weighted by molar-refractivity contribution is 6.20. The summed E-state index contributed by atoms with van der Waals surface area (Å²) in [7, 11) is 0. The number of benzene rings is 2. The van der Waals surface area contributed by atoms with E-state index in [1.54, 1.807) is 30.5 Å². The van der Waals surface area contributed by atoms with E-state index in [9.17, 15) is 13.6 Å². The monoisotopic (exact) mass is 471 g/mol. The first kappa shape index (κ1) is 21.1. The zero-order chi connectivity index (χ0) is 23.2. The minimum Gasteiger partial charge on any atom is -0.462 e. The van der Waals surface area contributed by atoms with Crippen molar-refractivity contribution in [2.45, 2.75) is 18.5 Å². The van der Waals surface area contributed by atoms with Gasteiger partial charge in [0.05, 0.1) is 22.8 Å². The van der Waals surface area contributed by atoms with E-state index in [2.05, 4.69) is 25.2 Å². The molecular formula is C22H16ClF2N5O3. The van der Waals surface area contributed by atoms with Crippen molar-refractivity contribution in [3.8, 4) is 23.0 Å². The van der Waals surface area contributed by atoms with Gasteiger partial charge in [0.1, 0.15) is 12.4 Å². The highest BCUT2D eigenvalue weighted by Crippen LogP contribution is 2.37. The van der Waals surface area contributed by atoms with Gasteiger partial charge >= 0.3 is 5.57 Å². The summed E-state index contributed by atoms with van der Waals surface area (Å²) < 4.78 is 37.5. The van der Waals surface area contributed by atoms with E-state index >= 15 is 0 Å². The summed E-state index contributed by atoms with van der Waals surface area (Å²) in [6.45, 7) is 2.53. The number of hydrogen-bond donors (Lipinski definition) is 1. The van der Waals surface area contributed by atoms with E-state index in [1.165, 1.54) is 24.3 Å². The molecule has 5 rings (SSSR count). The van der Waals surface area contributed by atoms with Crippen molar-refractivity contribution >= 4 is 34.2 Å². The first-order valence-corrected chi connectivity index (χ1v) is 10.3.